The molecule has 1 aliphatic heterocycles. The molecule has 1 fully saturated rings. The van der Waals surface area contributed by atoms with Gasteiger partial charge < -0.3 is 4.90 Å². The monoisotopic (exact) mass is 313 g/mol. The standard InChI is InChI=1S/C14H20BrNS/c1-11-8-13(5-4-12(11)9-15)16-6-7-17-14(2,3)10-16/h4-5,8H,6-7,9-10H2,1-3H3. The van der Waals surface area contributed by atoms with Crippen LogP contribution >= 0.6 is 27.7 Å². The number of hydrogen-bond donors (Lipinski definition) is 0. The van der Waals surface area contributed by atoms with Crippen molar-refractivity contribution in [2.24, 2.45) is 0 Å². The second-order valence-corrected chi connectivity index (χ2v) is 7.64. The number of halogens is 1. The summed E-state index contributed by atoms with van der Waals surface area (Å²) in [5.74, 6) is 1.23. The highest BCUT2D eigenvalue weighted by Gasteiger charge is 2.27. The first-order valence-electron chi connectivity index (χ1n) is 6.06. The van der Waals surface area contributed by atoms with Gasteiger partial charge in [0.05, 0.1) is 0 Å². The van der Waals surface area contributed by atoms with Crippen LogP contribution in [0.5, 0.6) is 0 Å². The first kappa shape index (κ1) is 13.3. The maximum Gasteiger partial charge on any atom is 0.0369 e. The van der Waals surface area contributed by atoms with Crippen molar-refractivity contribution >= 4 is 33.4 Å². The van der Waals surface area contributed by atoms with E-state index < -0.39 is 0 Å². The minimum absolute atomic E-state index is 0.375. The molecule has 0 bridgehead atoms. The van der Waals surface area contributed by atoms with Crippen LogP contribution in [0, 0.1) is 6.92 Å². The third-order valence-corrected chi connectivity index (χ3v) is 5.16. The van der Waals surface area contributed by atoms with E-state index in [-0.39, 0.29) is 0 Å². The summed E-state index contributed by atoms with van der Waals surface area (Å²) in [6, 6.07) is 6.83. The average Bonchev–Trinajstić information content (AvgIpc) is 2.27. The van der Waals surface area contributed by atoms with Gasteiger partial charge >= 0.3 is 0 Å². The van der Waals surface area contributed by atoms with Gasteiger partial charge in [-0.05, 0) is 44.0 Å². The molecule has 0 aliphatic carbocycles. The maximum absolute atomic E-state index is 3.53. The van der Waals surface area contributed by atoms with Crippen LogP contribution in [0.15, 0.2) is 18.2 Å². The predicted molar refractivity (Wildman–Crippen MR) is 82.6 cm³/mol. The molecule has 1 aromatic rings. The molecule has 0 spiro atoms. The molecule has 0 saturated carbocycles. The highest BCUT2D eigenvalue weighted by Crippen LogP contribution is 2.32. The Hall–Kier alpha value is -0.150. The third-order valence-electron chi connectivity index (χ3n) is 3.26. The summed E-state index contributed by atoms with van der Waals surface area (Å²) in [6.45, 7) is 9.18. The van der Waals surface area contributed by atoms with E-state index in [4.69, 9.17) is 0 Å². The molecule has 3 heteroatoms. The summed E-state index contributed by atoms with van der Waals surface area (Å²) in [7, 11) is 0. The molecule has 0 aromatic heterocycles. The topological polar surface area (TPSA) is 3.24 Å². The summed E-state index contributed by atoms with van der Waals surface area (Å²) in [5.41, 5.74) is 4.15. The quantitative estimate of drug-likeness (QED) is 0.752. The van der Waals surface area contributed by atoms with Crippen LogP contribution in [0.2, 0.25) is 0 Å². The zero-order chi connectivity index (χ0) is 12.5. The Morgan fingerprint density at radius 2 is 2.18 bits per heavy atom. The van der Waals surface area contributed by atoms with E-state index in [2.05, 4.69) is 71.6 Å². The highest BCUT2D eigenvalue weighted by atomic mass is 79.9. The number of hydrogen-bond acceptors (Lipinski definition) is 2. The van der Waals surface area contributed by atoms with Crippen molar-refractivity contribution in [2.75, 3.05) is 23.7 Å². The van der Waals surface area contributed by atoms with Gasteiger partial charge in [-0.2, -0.15) is 11.8 Å². The van der Waals surface area contributed by atoms with Crippen LogP contribution < -0.4 is 4.90 Å². The number of benzene rings is 1. The summed E-state index contributed by atoms with van der Waals surface area (Å²) in [6.07, 6.45) is 0. The summed E-state index contributed by atoms with van der Waals surface area (Å²) < 4.78 is 0.375. The van der Waals surface area contributed by atoms with Crippen LogP contribution in [-0.4, -0.2) is 23.6 Å². The maximum atomic E-state index is 3.53. The third kappa shape index (κ3) is 3.19. The molecule has 17 heavy (non-hydrogen) atoms. The number of rotatable bonds is 2. The summed E-state index contributed by atoms with van der Waals surface area (Å²) in [5, 5.41) is 0.945. The molecule has 1 heterocycles. The number of alkyl halides is 1. The van der Waals surface area contributed by atoms with Crippen molar-refractivity contribution in [1.82, 2.24) is 0 Å². The molecule has 2 rings (SSSR count). The largest absolute Gasteiger partial charge is 0.369 e. The second kappa shape index (κ2) is 5.23. The first-order chi connectivity index (χ1) is 8.02. The fraction of sp³-hybridized carbons (Fsp3) is 0.571. The zero-order valence-corrected chi connectivity index (χ0v) is 13.2. The van der Waals surface area contributed by atoms with Gasteiger partial charge in [-0.1, -0.05) is 22.0 Å². The molecular weight excluding hydrogens is 294 g/mol. The molecule has 94 valence electrons. The fourth-order valence-electron chi connectivity index (χ4n) is 2.26. The Kier molecular flexibility index (Phi) is 4.09. The van der Waals surface area contributed by atoms with Gasteiger partial charge in [-0.15, -0.1) is 0 Å². The lowest BCUT2D eigenvalue weighted by Crippen LogP contribution is -2.43. The smallest absolute Gasteiger partial charge is 0.0369 e. The van der Waals surface area contributed by atoms with Gasteiger partial charge in [-0.25, -0.2) is 0 Å². The predicted octanol–water partition coefficient (Wildman–Crippen LogP) is 4.22. The van der Waals surface area contributed by atoms with E-state index in [9.17, 15) is 0 Å². The van der Waals surface area contributed by atoms with Crippen molar-refractivity contribution in [2.45, 2.75) is 30.8 Å². The van der Waals surface area contributed by atoms with E-state index in [1.54, 1.807) is 0 Å². The molecule has 0 radical (unpaired) electrons. The van der Waals surface area contributed by atoms with Crippen LogP contribution in [-0.2, 0) is 5.33 Å². The van der Waals surface area contributed by atoms with E-state index in [0.29, 0.717) is 4.75 Å². The summed E-state index contributed by atoms with van der Waals surface area (Å²) >= 11 is 5.61. The van der Waals surface area contributed by atoms with E-state index >= 15 is 0 Å². The van der Waals surface area contributed by atoms with Gasteiger partial charge in [0.2, 0.25) is 0 Å². The van der Waals surface area contributed by atoms with Gasteiger partial charge in [0.15, 0.2) is 0 Å². The Morgan fingerprint density at radius 3 is 2.76 bits per heavy atom. The van der Waals surface area contributed by atoms with Crippen LogP contribution in [0.4, 0.5) is 5.69 Å². The lowest BCUT2D eigenvalue weighted by atomic mass is 10.1. The van der Waals surface area contributed by atoms with Crippen LogP contribution in [0.3, 0.4) is 0 Å². The lowest BCUT2D eigenvalue weighted by molar-refractivity contribution is 0.647. The normalized spacial score (nSPS) is 19.4. The first-order valence-corrected chi connectivity index (χ1v) is 8.17. The highest BCUT2D eigenvalue weighted by molar-refractivity contribution is 9.08. The Morgan fingerprint density at radius 1 is 1.41 bits per heavy atom. The van der Waals surface area contributed by atoms with Crippen molar-refractivity contribution in [3.05, 3.63) is 29.3 Å². The molecular formula is C14H20BrNS. The Labute approximate surface area is 117 Å². The number of aryl methyl sites for hydroxylation is 1. The number of thioether (sulfide) groups is 1. The average molecular weight is 314 g/mol. The minimum Gasteiger partial charge on any atom is -0.369 e. The van der Waals surface area contributed by atoms with Crippen molar-refractivity contribution < 1.29 is 0 Å². The van der Waals surface area contributed by atoms with Crippen molar-refractivity contribution in [3.8, 4) is 0 Å². The lowest BCUT2D eigenvalue weighted by Gasteiger charge is -2.39. The van der Waals surface area contributed by atoms with Crippen LogP contribution in [0.25, 0.3) is 0 Å². The SMILES string of the molecule is Cc1cc(N2CCSC(C)(C)C2)ccc1CBr. The number of anilines is 1. The van der Waals surface area contributed by atoms with E-state index in [0.717, 1.165) is 11.9 Å². The van der Waals surface area contributed by atoms with Crippen molar-refractivity contribution in [3.63, 3.8) is 0 Å². The van der Waals surface area contributed by atoms with Gasteiger partial charge in [0.25, 0.3) is 0 Å². The Bertz CT molecular complexity index is 403. The zero-order valence-electron chi connectivity index (χ0n) is 10.8. The van der Waals surface area contributed by atoms with E-state index in [1.807, 2.05) is 0 Å². The van der Waals surface area contributed by atoms with E-state index in [1.165, 1.54) is 29.1 Å². The van der Waals surface area contributed by atoms with Gasteiger partial charge in [0, 0.05) is 34.6 Å². The Balaban J connectivity index is 2.19. The molecule has 1 aliphatic rings. The van der Waals surface area contributed by atoms with Gasteiger partial charge in [0.1, 0.15) is 0 Å². The second-order valence-electron chi connectivity index (χ2n) is 5.27. The molecule has 1 nitrogen and oxygen atoms in total. The minimum atomic E-state index is 0.375. The molecule has 1 aromatic carbocycles. The summed E-state index contributed by atoms with van der Waals surface area (Å²) in [4.78, 5) is 2.52. The number of nitrogens with zero attached hydrogens (tertiary/aromatic N) is 1. The van der Waals surface area contributed by atoms with Gasteiger partial charge in [-0.3, -0.25) is 0 Å². The van der Waals surface area contributed by atoms with Crippen molar-refractivity contribution in [1.29, 1.82) is 0 Å². The molecule has 1 saturated heterocycles. The molecule has 0 unspecified atom stereocenters. The molecule has 0 amide bonds. The molecule has 0 atom stereocenters. The van der Waals surface area contributed by atoms with Crippen LogP contribution in [0.1, 0.15) is 25.0 Å². The fourth-order valence-corrected chi connectivity index (χ4v) is 4.00. The molecule has 0 N–H and O–H groups in total.